The van der Waals surface area contributed by atoms with Gasteiger partial charge in [0, 0.05) is 13.1 Å². The van der Waals surface area contributed by atoms with Crippen molar-refractivity contribution in [2.45, 2.75) is 13.8 Å². The van der Waals surface area contributed by atoms with Gasteiger partial charge in [-0.15, -0.1) is 0 Å². The predicted octanol–water partition coefficient (Wildman–Crippen LogP) is 0.0722. The van der Waals surface area contributed by atoms with E-state index in [1.165, 1.54) is 7.05 Å². The molecule has 1 rings (SSSR count). The maximum atomic E-state index is 11.9. The molecule has 10 heteroatoms. The Bertz CT molecular complexity index is 583. The third kappa shape index (κ3) is 5.86. The van der Waals surface area contributed by atoms with Gasteiger partial charge in [0.1, 0.15) is 10.7 Å². The van der Waals surface area contributed by atoms with E-state index < -0.39 is 15.9 Å². The first-order valence-electron chi connectivity index (χ1n) is 6.44. The van der Waals surface area contributed by atoms with Gasteiger partial charge in [0.2, 0.25) is 10.0 Å². The summed E-state index contributed by atoms with van der Waals surface area (Å²) in [5, 5.41) is 6.18. The van der Waals surface area contributed by atoms with Crippen LogP contribution in [-0.4, -0.2) is 45.2 Å². The molecule has 5 N–H and O–H groups in total. The number of rotatable bonds is 8. The lowest BCUT2D eigenvalue weighted by molar-refractivity contribution is 0.0961. The highest BCUT2D eigenvalue weighted by molar-refractivity contribution is 7.89. The van der Waals surface area contributed by atoms with Crippen LogP contribution in [0.3, 0.4) is 0 Å². The van der Waals surface area contributed by atoms with Gasteiger partial charge < -0.3 is 16.4 Å². The van der Waals surface area contributed by atoms with Gasteiger partial charge in [0.05, 0.1) is 5.75 Å². The number of thiazole rings is 1. The average Bonchev–Trinajstić information content (AvgIpc) is 2.77. The summed E-state index contributed by atoms with van der Waals surface area (Å²) in [5.74, 6) is -0.0276. The molecule has 1 heterocycles. The van der Waals surface area contributed by atoms with Crippen LogP contribution < -0.4 is 21.1 Å². The minimum Gasteiger partial charge on any atom is -0.382 e. The van der Waals surface area contributed by atoms with Crippen molar-refractivity contribution in [2.24, 2.45) is 5.92 Å². The molecule has 0 unspecified atom stereocenters. The van der Waals surface area contributed by atoms with Crippen LogP contribution in [0.5, 0.6) is 0 Å². The van der Waals surface area contributed by atoms with E-state index in [9.17, 15) is 13.2 Å². The SMILES string of the molecule is CNS(=O)(=O)CCNC(=O)c1sc(NCC(C)C)nc1N. The van der Waals surface area contributed by atoms with E-state index in [1.54, 1.807) is 0 Å². The number of carbonyl (C=O) groups excluding carboxylic acids is 1. The fraction of sp³-hybridized carbons (Fsp3) is 0.636. The molecular formula is C11H21N5O3S2. The van der Waals surface area contributed by atoms with E-state index in [0.717, 1.165) is 17.9 Å². The summed E-state index contributed by atoms with van der Waals surface area (Å²) < 4.78 is 24.6. The Hall–Kier alpha value is -1.39. The summed E-state index contributed by atoms with van der Waals surface area (Å²) >= 11 is 1.15. The van der Waals surface area contributed by atoms with Crippen molar-refractivity contribution in [3.8, 4) is 0 Å². The van der Waals surface area contributed by atoms with E-state index in [2.05, 4.69) is 34.2 Å². The number of hydrogen-bond acceptors (Lipinski definition) is 7. The Kier molecular flexibility index (Phi) is 6.37. The Morgan fingerprint density at radius 3 is 2.67 bits per heavy atom. The quantitative estimate of drug-likeness (QED) is 0.533. The predicted molar refractivity (Wildman–Crippen MR) is 85.0 cm³/mol. The van der Waals surface area contributed by atoms with Crippen molar-refractivity contribution >= 4 is 38.2 Å². The Morgan fingerprint density at radius 1 is 1.43 bits per heavy atom. The summed E-state index contributed by atoms with van der Waals surface area (Å²) in [4.78, 5) is 16.3. The summed E-state index contributed by atoms with van der Waals surface area (Å²) in [6.07, 6.45) is 0. The van der Waals surface area contributed by atoms with Gasteiger partial charge in [-0.3, -0.25) is 4.79 Å². The molecule has 0 bridgehead atoms. The number of nitrogens with two attached hydrogens (primary N) is 1. The highest BCUT2D eigenvalue weighted by atomic mass is 32.2. The molecule has 0 fully saturated rings. The van der Waals surface area contributed by atoms with Gasteiger partial charge in [0.25, 0.3) is 5.91 Å². The number of amides is 1. The van der Waals surface area contributed by atoms with Gasteiger partial charge in [-0.25, -0.2) is 18.1 Å². The molecule has 0 aromatic carbocycles. The second kappa shape index (κ2) is 7.57. The zero-order chi connectivity index (χ0) is 16.0. The van der Waals surface area contributed by atoms with Gasteiger partial charge >= 0.3 is 0 Å². The first kappa shape index (κ1) is 17.7. The number of anilines is 2. The second-order valence-electron chi connectivity index (χ2n) is 4.79. The zero-order valence-corrected chi connectivity index (χ0v) is 13.9. The summed E-state index contributed by atoms with van der Waals surface area (Å²) in [6, 6.07) is 0. The van der Waals surface area contributed by atoms with Gasteiger partial charge in [0.15, 0.2) is 5.13 Å². The Morgan fingerprint density at radius 2 is 2.10 bits per heavy atom. The fourth-order valence-corrected chi connectivity index (χ4v) is 2.73. The van der Waals surface area contributed by atoms with Crippen LogP contribution in [0.15, 0.2) is 0 Å². The topological polar surface area (TPSA) is 126 Å². The molecule has 1 aromatic heterocycles. The molecular weight excluding hydrogens is 314 g/mol. The lowest BCUT2D eigenvalue weighted by Crippen LogP contribution is -2.32. The summed E-state index contributed by atoms with van der Waals surface area (Å²) in [6.45, 7) is 4.85. The van der Waals surface area contributed by atoms with Crippen LogP contribution in [0.1, 0.15) is 23.5 Å². The molecule has 0 aliphatic carbocycles. The van der Waals surface area contributed by atoms with Crippen LogP contribution >= 0.6 is 11.3 Å². The summed E-state index contributed by atoms with van der Waals surface area (Å²) in [5.41, 5.74) is 5.70. The molecule has 1 amide bonds. The lowest BCUT2D eigenvalue weighted by atomic mass is 10.2. The minimum absolute atomic E-state index is 0.00804. The van der Waals surface area contributed by atoms with Crippen molar-refractivity contribution in [2.75, 3.05) is 36.9 Å². The maximum Gasteiger partial charge on any atom is 0.265 e. The van der Waals surface area contributed by atoms with Gasteiger partial charge in [-0.2, -0.15) is 0 Å². The normalized spacial score (nSPS) is 11.6. The highest BCUT2D eigenvalue weighted by Gasteiger charge is 2.17. The Labute approximate surface area is 128 Å². The highest BCUT2D eigenvalue weighted by Crippen LogP contribution is 2.24. The van der Waals surface area contributed by atoms with Gasteiger partial charge in [-0.1, -0.05) is 25.2 Å². The van der Waals surface area contributed by atoms with Crippen LogP contribution in [0.2, 0.25) is 0 Å². The molecule has 8 nitrogen and oxygen atoms in total. The number of sulfonamides is 1. The van der Waals surface area contributed by atoms with Crippen LogP contribution in [-0.2, 0) is 10.0 Å². The van der Waals surface area contributed by atoms with Crippen molar-refractivity contribution in [3.63, 3.8) is 0 Å². The zero-order valence-electron chi connectivity index (χ0n) is 12.3. The molecule has 0 saturated carbocycles. The summed E-state index contributed by atoms with van der Waals surface area (Å²) in [7, 11) is -2.02. The van der Waals surface area contributed by atoms with Crippen molar-refractivity contribution in [1.29, 1.82) is 0 Å². The number of hydrogen-bond donors (Lipinski definition) is 4. The fourth-order valence-electron chi connectivity index (χ4n) is 1.34. The molecule has 1 aromatic rings. The van der Waals surface area contributed by atoms with E-state index in [4.69, 9.17) is 5.73 Å². The number of carbonyl (C=O) groups is 1. The molecule has 0 spiro atoms. The van der Waals surface area contributed by atoms with Crippen molar-refractivity contribution in [3.05, 3.63) is 4.88 Å². The lowest BCUT2D eigenvalue weighted by Gasteiger charge is -2.04. The van der Waals surface area contributed by atoms with Crippen LogP contribution in [0, 0.1) is 5.92 Å². The van der Waals surface area contributed by atoms with Crippen molar-refractivity contribution in [1.82, 2.24) is 15.0 Å². The standard InChI is InChI=1S/C11H21N5O3S2/c1-7(2)6-15-11-16-9(12)8(20-11)10(17)14-4-5-21(18,19)13-3/h7,13H,4-6,12H2,1-3H3,(H,14,17)(H,15,16). The maximum absolute atomic E-state index is 11.9. The molecule has 120 valence electrons. The molecule has 0 radical (unpaired) electrons. The third-order valence-electron chi connectivity index (χ3n) is 2.49. The number of nitrogen functional groups attached to an aromatic ring is 1. The first-order chi connectivity index (χ1) is 9.75. The average molecular weight is 335 g/mol. The molecule has 0 saturated heterocycles. The molecule has 0 aliphatic rings. The van der Waals surface area contributed by atoms with E-state index in [1.807, 2.05) is 0 Å². The number of aromatic nitrogens is 1. The van der Waals surface area contributed by atoms with E-state index in [-0.39, 0.29) is 23.0 Å². The molecule has 21 heavy (non-hydrogen) atoms. The van der Waals surface area contributed by atoms with Crippen LogP contribution in [0.4, 0.5) is 10.9 Å². The number of nitrogens with one attached hydrogen (secondary N) is 3. The molecule has 0 atom stereocenters. The third-order valence-corrected chi connectivity index (χ3v) is 4.88. The number of nitrogens with zero attached hydrogens (tertiary/aromatic N) is 1. The second-order valence-corrected chi connectivity index (χ2v) is 7.83. The van der Waals surface area contributed by atoms with Crippen LogP contribution in [0.25, 0.3) is 0 Å². The monoisotopic (exact) mass is 335 g/mol. The first-order valence-corrected chi connectivity index (χ1v) is 8.91. The largest absolute Gasteiger partial charge is 0.382 e. The Balaban J connectivity index is 2.58. The van der Waals surface area contributed by atoms with E-state index >= 15 is 0 Å². The van der Waals surface area contributed by atoms with Gasteiger partial charge in [-0.05, 0) is 13.0 Å². The molecule has 0 aliphatic heterocycles. The van der Waals surface area contributed by atoms with E-state index in [0.29, 0.717) is 11.0 Å². The van der Waals surface area contributed by atoms with Crippen molar-refractivity contribution < 1.29 is 13.2 Å². The minimum atomic E-state index is -3.34. The smallest absolute Gasteiger partial charge is 0.265 e.